The number of ketones is 2. The molecule has 2 atom stereocenters. The second-order valence-electron chi connectivity index (χ2n) is 4.55. The summed E-state index contributed by atoms with van der Waals surface area (Å²) in [6.07, 6.45) is 4.78. The highest BCUT2D eigenvalue weighted by atomic mass is 16.1. The first kappa shape index (κ1) is 12.9. The maximum absolute atomic E-state index is 12.2. The zero-order valence-corrected chi connectivity index (χ0v) is 10.5. The second-order valence-corrected chi connectivity index (χ2v) is 4.55. The minimum Gasteiger partial charge on any atom is -0.290 e. The molecule has 2 unspecified atom stereocenters. The fraction of sp³-hybridized carbons (Fsp3) is 0.571. The molecule has 0 aliphatic heterocycles. The molecule has 0 saturated heterocycles. The number of allylic oxidation sites excluding steroid dienone is 4. The molecule has 1 rings (SSSR count). The van der Waals surface area contributed by atoms with Crippen LogP contribution in [-0.2, 0) is 9.59 Å². The van der Waals surface area contributed by atoms with Gasteiger partial charge in [0.2, 0.25) is 0 Å². The summed E-state index contributed by atoms with van der Waals surface area (Å²) in [6.45, 7) is 8.06. The highest BCUT2D eigenvalue weighted by molar-refractivity contribution is 6.20. The van der Waals surface area contributed by atoms with Crippen molar-refractivity contribution >= 4 is 11.6 Å². The smallest absolute Gasteiger partial charge is 0.185 e. The Morgan fingerprint density at radius 1 is 0.938 bits per heavy atom. The van der Waals surface area contributed by atoms with Crippen LogP contribution >= 0.6 is 0 Å². The Bertz CT molecular complexity index is 329. The predicted molar refractivity (Wildman–Crippen MR) is 65.1 cm³/mol. The van der Waals surface area contributed by atoms with E-state index in [-0.39, 0.29) is 23.4 Å². The van der Waals surface area contributed by atoms with Crippen LogP contribution < -0.4 is 0 Å². The van der Waals surface area contributed by atoms with E-state index in [4.69, 9.17) is 0 Å². The van der Waals surface area contributed by atoms with Crippen LogP contribution in [-0.4, -0.2) is 11.6 Å². The van der Waals surface area contributed by atoms with E-state index in [1.165, 1.54) is 12.2 Å². The average Bonchev–Trinajstić information content (AvgIpc) is 2.29. The average molecular weight is 220 g/mol. The van der Waals surface area contributed by atoms with Crippen molar-refractivity contribution in [1.82, 2.24) is 0 Å². The molecular weight excluding hydrogens is 200 g/mol. The molecule has 2 heteroatoms. The fourth-order valence-electron chi connectivity index (χ4n) is 1.82. The van der Waals surface area contributed by atoms with Crippen molar-refractivity contribution in [3.8, 4) is 0 Å². The van der Waals surface area contributed by atoms with E-state index < -0.39 is 0 Å². The standard InChI is InChI=1S/C14H20O2/c1-5-9(3)12-7-11(15)8-13(14(12)16)10(4)6-2/h7-10H,5-6H2,1-4H3. The summed E-state index contributed by atoms with van der Waals surface area (Å²) in [4.78, 5) is 23.7. The molecule has 0 spiro atoms. The van der Waals surface area contributed by atoms with Gasteiger partial charge in [0.25, 0.3) is 0 Å². The first-order valence-electron chi connectivity index (χ1n) is 6.03. The van der Waals surface area contributed by atoms with Gasteiger partial charge in [-0.1, -0.05) is 27.7 Å². The van der Waals surface area contributed by atoms with Gasteiger partial charge >= 0.3 is 0 Å². The van der Waals surface area contributed by atoms with Gasteiger partial charge in [-0.25, -0.2) is 0 Å². The third kappa shape index (κ3) is 2.49. The van der Waals surface area contributed by atoms with Gasteiger partial charge in [-0.15, -0.1) is 0 Å². The first-order valence-corrected chi connectivity index (χ1v) is 6.03. The van der Waals surface area contributed by atoms with Crippen molar-refractivity contribution in [2.45, 2.75) is 40.5 Å². The molecule has 0 aromatic heterocycles. The van der Waals surface area contributed by atoms with Gasteiger partial charge in [0.05, 0.1) is 0 Å². The number of hydrogen-bond donors (Lipinski definition) is 0. The lowest BCUT2D eigenvalue weighted by atomic mass is 9.81. The molecule has 1 aliphatic rings. The molecule has 1 aliphatic carbocycles. The largest absolute Gasteiger partial charge is 0.290 e. The summed E-state index contributed by atoms with van der Waals surface area (Å²) in [6, 6.07) is 0. The number of hydrogen-bond acceptors (Lipinski definition) is 2. The van der Waals surface area contributed by atoms with Gasteiger partial charge in [0.15, 0.2) is 11.6 Å². The van der Waals surface area contributed by atoms with Gasteiger partial charge in [0.1, 0.15) is 0 Å². The summed E-state index contributed by atoms with van der Waals surface area (Å²) in [7, 11) is 0. The highest BCUT2D eigenvalue weighted by Gasteiger charge is 2.27. The Balaban J connectivity index is 3.02. The molecule has 0 N–H and O–H groups in total. The lowest BCUT2D eigenvalue weighted by Crippen LogP contribution is -2.22. The van der Waals surface area contributed by atoms with E-state index in [2.05, 4.69) is 0 Å². The molecule has 0 aromatic rings. The maximum atomic E-state index is 12.2. The predicted octanol–water partition coefficient (Wildman–Crippen LogP) is 3.08. The van der Waals surface area contributed by atoms with E-state index in [0.29, 0.717) is 11.1 Å². The van der Waals surface area contributed by atoms with Crippen LogP contribution in [0.15, 0.2) is 23.3 Å². The van der Waals surface area contributed by atoms with Crippen molar-refractivity contribution in [1.29, 1.82) is 0 Å². The first-order chi connectivity index (χ1) is 7.51. The van der Waals surface area contributed by atoms with Crippen LogP contribution in [0.3, 0.4) is 0 Å². The van der Waals surface area contributed by atoms with Gasteiger partial charge in [0, 0.05) is 11.1 Å². The SMILES string of the molecule is CCC(C)C1=CC(=O)C=C(C(C)CC)C1=O. The van der Waals surface area contributed by atoms with E-state index in [9.17, 15) is 9.59 Å². The molecule has 0 heterocycles. The minimum atomic E-state index is -0.0369. The Morgan fingerprint density at radius 3 is 1.62 bits per heavy atom. The normalized spacial score (nSPS) is 20.2. The Kier molecular flexibility index (Phi) is 4.22. The summed E-state index contributed by atoms with van der Waals surface area (Å²) < 4.78 is 0. The lowest BCUT2D eigenvalue weighted by molar-refractivity contribution is -0.116. The van der Waals surface area contributed by atoms with E-state index in [0.717, 1.165) is 12.8 Å². The van der Waals surface area contributed by atoms with Crippen LogP contribution in [0.5, 0.6) is 0 Å². The molecule has 0 saturated carbocycles. The van der Waals surface area contributed by atoms with Gasteiger partial charge in [-0.2, -0.15) is 0 Å². The molecule has 0 radical (unpaired) electrons. The monoisotopic (exact) mass is 220 g/mol. The van der Waals surface area contributed by atoms with Gasteiger partial charge < -0.3 is 0 Å². The lowest BCUT2D eigenvalue weighted by Gasteiger charge is -2.21. The van der Waals surface area contributed by atoms with Crippen molar-refractivity contribution in [2.24, 2.45) is 11.8 Å². The second kappa shape index (κ2) is 5.24. The third-order valence-corrected chi connectivity index (χ3v) is 3.41. The molecule has 0 bridgehead atoms. The van der Waals surface area contributed by atoms with Crippen LogP contribution in [0.2, 0.25) is 0 Å². The van der Waals surface area contributed by atoms with E-state index in [1.807, 2.05) is 27.7 Å². The van der Waals surface area contributed by atoms with Crippen LogP contribution in [0.1, 0.15) is 40.5 Å². The quantitative estimate of drug-likeness (QED) is 0.682. The Labute approximate surface area is 97.4 Å². The topological polar surface area (TPSA) is 34.1 Å². The van der Waals surface area contributed by atoms with E-state index in [1.54, 1.807) is 0 Å². The third-order valence-electron chi connectivity index (χ3n) is 3.41. The van der Waals surface area contributed by atoms with Crippen LogP contribution in [0, 0.1) is 11.8 Å². The molecular formula is C14H20O2. The zero-order chi connectivity index (χ0) is 12.3. The Morgan fingerprint density at radius 2 is 1.31 bits per heavy atom. The number of carbonyl (C=O) groups is 2. The van der Waals surface area contributed by atoms with Gasteiger partial charge in [-0.05, 0) is 36.8 Å². The fourth-order valence-corrected chi connectivity index (χ4v) is 1.82. The molecule has 88 valence electrons. The number of rotatable bonds is 4. The maximum Gasteiger partial charge on any atom is 0.185 e. The van der Waals surface area contributed by atoms with E-state index >= 15 is 0 Å². The summed E-state index contributed by atoms with van der Waals surface area (Å²) in [5.74, 6) is 0.377. The summed E-state index contributed by atoms with van der Waals surface area (Å²) in [5.41, 5.74) is 1.37. The van der Waals surface area contributed by atoms with Crippen molar-refractivity contribution in [3.63, 3.8) is 0 Å². The molecule has 0 fully saturated rings. The number of carbonyl (C=O) groups excluding carboxylic acids is 2. The zero-order valence-electron chi connectivity index (χ0n) is 10.5. The Hall–Kier alpha value is -1.18. The van der Waals surface area contributed by atoms with Crippen LogP contribution in [0.25, 0.3) is 0 Å². The molecule has 0 amide bonds. The minimum absolute atomic E-state index is 0.0369. The molecule has 16 heavy (non-hydrogen) atoms. The van der Waals surface area contributed by atoms with Crippen molar-refractivity contribution in [2.75, 3.05) is 0 Å². The highest BCUT2D eigenvalue weighted by Crippen LogP contribution is 2.27. The molecule has 2 nitrogen and oxygen atoms in total. The summed E-state index contributed by atoms with van der Waals surface area (Å²) >= 11 is 0. The van der Waals surface area contributed by atoms with Crippen molar-refractivity contribution < 1.29 is 9.59 Å². The van der Waals surface area contributed by atoms with Crippen LogP contribution in [0.4, 0.5) is 0 Å². The van der Waals surface area contributed by atoms with Gasteiger partial charge in [-0.3, -0.25) is 9.59 Å². The number of Topliss-reactive ketones (excluding diaryl/α,β-unsaturated/α-hetero) is 1. The van der Waals surface area contributed by atoms with Crippen molar-refractivity contribution in [3.05, 3.63) is 23.3 Å². The molecule has 0 aromatic carbocycles. The summed E-state index contributed by atoms with van der Waals surface area (Å²) in [5, 5.41) is 0.